The van der Waals surface area contributed by atoms with E-state index in [2.05, 4.69) is 22.3 Å². The van der Waals surface area contributed by atoms with Crippen LogP contribution in [0.1, 0.15) is 43.7 Å². The number of nitrogens with zero attached hydrogens (tertiary/aromatic N) is 1. The lowest BCUT2D eigenvalue weighted by Gasteiger charge is -2.41. The molecule has 0 unspecified atom stereocenters. The molecular formula is C18H29Cl3N2O. The summed E-state index contributed by atoms with van der Waals surface area (Å²) in [5.74, 6) is 1.56. The summed E-state index contributed by atoms with van der Waals surface area (Å²) in [7, 11) is 1.70. The highest BCUT2D eigenvalue weighted by Gasteiger charge is 2.31. The van der Waals surface area contributed by atoms with E-state index in [1.165, 1.54) is 37.7 Å². The molecule has 138 valence electrons. The molecule has 0 amide bonds. The van der Waals surface area contributed by atoms with Crippen molar-refractivity contribution in [3.05, 3.63) is 28.8 Å². The lowest BCUT2D eigenvalue weighted by Crippen LogP contribution is -2.47. The van der Waals surface area contributed by atoms with Crippen LogP contribution in [-0.4, -0.2) is 38.2 Å². The molecule has 1 atom stereocenters. The maximum atomic E-state index is 6.22. The summed E-state index contributed by atoms with van der Waals surface area (Å²) in [6.07, 6.45) is 6.84. The number of methoxy groups -OCH3 is 1. The van der Waals surface area contributed by atoms with Gasteiger partial charge in [0.2, 0.25) is 0 Å². The van der Waals surface area contributed by atoms with Crippen molar-refractivity contribution in [2.45, 2.75) is 38.1 Å². The molecule has 3 nitrogen and oxygen atoms in total. The molecule has 0 bridgehead atoms. The van der Waals surface area contributed by atoms with Crippen LogP contribution >= 0.6 is 36.4 Å². The summed E-state index contributed by atoms with van der Waals surface area (Å²) in [4.78, 5) is 2.66. The van der Waals surface area contributed by atoms with Crippen molar-refractivity contribution < 1.29 is 4.74 Å². The second-order valence-corrected chi connectivity index (χ2v) is 6.93. The van der Waals surface area contributed by atoms with Gasteiger partial charge in [-0.15, -0.1) is 24.8 Å². The molecule has 1 aromatic rings. The Morgan fingerprint density at radius 3 is 2.42 bits per heavy atom. The largest absolute Gasteiger partial charge is 0.495 e. The number of rotatable bonds is 4. The van der Waals surface area contributed by atoms with E-state index in [1.54, 1.807) is 7.11 Å². The predicted molar refractivity (Wildman–Crippen MR) is 106 cm³/mol. The molecule has 0 radical (unpaired) electrons. The topological polar surface area (TPSA) is 24.5 Å². The number of piperazine rings is 1. The SMILES string of the molecule is COc1cc([C@@H](C2CCCCC2)N2CCNCC2)ccc1Cl.Cl.Cl. The summed E-state index contributed by atoms with van der Waals surface area (Å²) in [6, 6.07) is 6.86. The quantitative estimate of drug-likeness (QED) is 0.798. The molecule has 3 rings (SSSR count). The van der Waals surface area contributed by atoms with E-state index in [0.29, 0.717) is 11.1 Å². The van der Waals surface area contributed by atoms with Crippen molar-refractivity contribution in [2.24, 2.45) is 5.92 Å². The Morgan fingerprint density at radius 1 is 1.12 bits per heavy atom. The first-order valence-corrected chi connectivity index (χ1v) is 8.95. The Labute approximate surface area is 163 Å². The standard InChI is InChI=1S/C18H27ClN2O.2ClH/c1-22-17-13-15(7-8-16(17)19)18(14-5-3-2-4-6-14)21-11-9-20-10-12-21;;/h7-8,13-14,18,20H,2-6,9-12H2,1H3;2*1H/t18-;;/m1../s1. The van der Waals surface area contributed by atoms with Crippen LogP contribution in [0.4, 0.5) is 0 Å². The fraction of sp³-hybridized carbons (Fsp3) is 0.667. The normalized spacial score (nSPS) is 20.6. The molecule has 1 N–H and O–H groups in total. The van der Waals surface area contributed by atoms with Crippen LogP contribution < -0.4 is 10.1 Å². The molecule has 2 aliphatic rings. The number of hydrogen-bond donors (Lipinski definition) is 1. The van der Waals surface area contributed by atoms with Gasteiger partial charge < -0.3 is 10.1 Å². The Hall–Kier alpha value is -0.190. The van der Waals surface area contributed by atoms with E-state index in [9.17, 15) is 0 Å². The van der Waals surface area contributed by atoms with Gasteiger partial charge in [-0.05, 0) is 36.5 Å². The highest BCUT2D eigenvalue weighted by atomic mass is 35.5. The van der Waals surface area contributed by atoms with Crippen molar-refractivity contribution in [1.29, 1.82) is 0 Å². The number of hydrogen-bond acceptors (Lipinski definition) is 3. The Kier molecular flexibility index (Phi) is 9.76. The summed E-state index contributed by atoms with van der Waals surface area (Å²) in [5.41, 5.74) is 1.37. The fourth-order valence-corrected chi connectivity index (χ4v) is 4.25. The molecule has 6 heteroatoms. The van der Waals surface area contributed by atoms with E-state index in [-0.39, 0.29) is 24.8 Å². The summed E-state index contributed by atoms with van der Waals surface area (Å²) < 4.78 is 5.45. The van der Waals surface area contributed by atoms with Crippen LogP contribution in [0.2, 0.25) is 5.02 Å². The van der Waals surface area contributed by atoms with Gasteiger partial charge in [0.25, 0.3) is 0 Å². The molecule has 24 heavy (non-hydrogen) atoms. The second kappa shape index (κ2) is 10.7. The Balaban J connectivity index is 0.00000144. The molecule has 0 aromatic heterocycles. The first kappa shape index (κ1) is 21.9. The number of halogens is 3. The van der Waals surface area contributed by atoms with E-state index < -0.39 is 0 Å². The van der Waals surface area contributed by atoms with E-state index in [0.717, 1.165) is 37.8 Å². The number of ether oxygens (including phenoxy) is 1. The zero-order chi connectivity index (χ0) is 15.4. The van der Waals surface area contributed by atoms with Gasteiger partial charge in [-0.1, -0.05) is 36.9 Å². The molecule has 1 saturated heterocycles. The lowest BCUT2D eigenvalue weighted by atomic mass is 9.80. The van der Waals surface area contributed by atoms with Crippen molar-refractivity contribution in [1.82, 2.24) is 10.2 Å². The van der Waals surface area contributed by atoms with Gasteiger partial charge in [-0.25, -0.2) is 0 Å². The van der Waals surface area contributed by atoms with Crippen LogP contribution in [0.15, 0.2) is 18.2 Å². The molecule has 1 aromatic carbocycles. The van der Waals surface area contributed by atoms with E-state index in [4.69, 9.17) is 16.3 Å². The van der Waals surface area contributed by atoms with Gasteiger partial charge in [0.15, 0.2) is 0 Å². The third-order valence-electron chi connectivity index (χ3n) is 5.16. The number of benzene rings is 1. The van der Waals surface area contributed by atoms with Gasteiger partial charge in [-0.2, -0.15) is 0 Å². The molecule has 1 aliphatic carbocycles. The van der Waals surface area contributed by atoms with Crippen LogP contribution in [0.3, 0.4) is 0 Å². The van der Waals surface area contributed by atoms with Gasteiger partial charge in [-0.3, -0.25) is 4.90 Å². The van der Waals surface area contributed by atoms with Gasteiger partial charge >= 0.3 is 0 Å². The Morgan fingerprint density at radius 2 is 1.79 bits per heavy atom. The number of nitrogens with one attached hydrogen (secondary N) is 1. The van der Waals surface area contributed by atoms with Crippen LogP contribution in [-0.2, 0) is 0 Å². The molecule has 2 fully saturated rings. The molecule has 1 aliphatic heterocycles. The van der Waals surface area contributed by atoms with Crippen molar-refractivity contribution in [2.75, 3.05) is 33.3 Å². The minimum absolute atomic E-state index is 0. The third kappa shape index (κ3) is 5.15. The maximum Gasteiger partial charge on any atom is 0.137 e. The first-order chi connectivity index (χ1) is 10.8. The van der Waals surface area contributed by atoms with Crippen LogP contribution in [0.5, 0.6) is 5.75 Å². The van der Waals surface area contributed by atoms with Crippen molar-refractivity contribution in [3.8, 4) is 5.75 Å². The van der Waals surface area contributed by atoms with Gasteiger partial charge in [0.05, 0.1) is 12.1 Å². The molecule has 1 heterocycles. The summed E-state index contributed by atoms with van der Waals surface area (Å²) >= 11 is 6.22. The molecular weight excluding hydrogens is 367 g/mol. The first-order valence-electron chi connectivity index (χ1n) is 8.58. The van der Waals surface area contributed by atoms with E-state index >= 15 is 0 Å². The minimum Gasteiger partial charge on any atom is -0.495 e. The summed E-state index contributed by atoms with van der Waals surface area (Å²) in [5, 5.41) is 4.17. The van der Waals surface area contributed by atoms with Crippen LogP contribution in [0, 0.1) is 5.92 Å². The maximum absolute atomic E-state index is 6.22. The Bertz CT molecular complexity index is 471. The smallest absolute Gasteiger partial charge is 0.137 e. The van der Waals surface area contributed by atoms with Crippen molar-refractivity contribution >= 4 is 36.4 Å². The zero-order valence-electron chi connectivity index (χ0n) is 14.3. The fourth-order valence-electron chi connectivity index (χ4n) is 4.05. The molecule has 1 saturated carbocycles. The monoisotopic (exact) mass is 394 g/mol. The average Bonchev–Trinajstić information content (AvgIpc) is 2.58. The second-order valence-electron chi connectivity index (χ2n) is 6.52. The van der Waals surface area contributed by atoms with Crippen LogP contribution in [0.25, 0.3) is 0 Å². The lowest BCUT2D eigenvalue weighted by molar-refractivity contribution is 0.103. The zero-order valence-corrected chi connectivity index (χ0v) is 16.7. The van der Waals surface area contributed by atoms with Crippen molar-refractivity contribution in [3.63, 3.8) is 0 Å². The highest BCUT2D eigenvalue weighted by Crippen LogP contribution is 2.40. The van der Waals surface area contributed by atoms with Gasteiger partial charge in [0.1, 0.15) is 5.75 Å². The summed E-state index contributed by atoms with van der Waals surface area (Å²) in [6.45, 7) is 4.44. The third-order valence-corrected chi connectivity index (χ3v) is 5.47. The highest BCUT2D eigenvalue weighted by molar-refractivity contribution is 6.32. The van der Waals surface area contributed by atoms with E-state index in [1.807, 2.05) is 6.07 Å². The minimum atomic E-state index is 0. The predicted octanol–water partition coefficient (Wildman–Crippen LogP) is 4.72. The van der Waals surface area contributed by atoms with Gasteiger partial charge in [0, 0.05) is 32.2 Å². The average molecular weight is 396 g/mol. The molecule has 0 spiro atoms.